The van der Waals surface area contributed by atoms with Gasteiger partial charge in [-0.2, -0.15) is 0 Å². The largest absolute Gasteiger partial charge is 0.481 e. The first-order chi connectivity index (χ1) is 6.27. The van der Waals surface area contributed by atoms with Crippen molar-refractivity contribution in [3.8, 4) is 18.2 Å². The Hall–Kier alpha value is -1.20. The van der Waals surface area contributed by atoms with Crippen LogP contribution >= 0.6 is 11.6 Å². The van der Waals surface area contributed by atoms with Gasteiger partial charge in [0.25, 0.3) is 0 Å². The summed E-state index contributed by atoms with van der Waals surface area (Å²) in [6, 6.07) is 3.61. The minimum atomic E-state index is 0.432. The van der Waals surface area contributed by atoms with Gasteiger partial charge in [-0.1, -0.05) is 17.7 Å². The third-order valence-electron chi connectivity index (χ3n) is 1.64. The zero-order valence-corrected chi connectivity index (χ0v) is 8.14. The van der Waals surface area contributed by atoms with E-state index in [0.717, 1.165) is 12.0 Å². The van der Waals surface area contributed by atoms with E-state index in [1.807, 2.05) is 6.07 Å². The molecule has 0 spiro atoms. The van der Waals surface area contributed by atoms with Crippen molar-refractivity contribution in [1.82, 2.24) is 4.98 Å². The minimum Gasteiger partial charge on any atom is -0.481 e. The molecule has 0 N–H and O–H groups in total. The Bertz CT molecular complexity index is 330. The number of halogens is 1. The number of nitrogens with zero attached hydrogens (tertiary/aromatic N) is 1. The van der Waals surface area contributed by atoms with Crippen LogP contribution in [0.5, 0.6) is 5.88 Å². The molecular weight excluding hydrogens is 186 g/mol. The van der Waals surface area contributed by atoms with Crippen molar-refractivity contribution in [3.05, 3.63) is 22.8 Å². The third-order valence-corrected chi connectivity index (χ3v) is 1.85. The van der Waals surface area contributed by atoms with Crippen LogP contribution in [0.1, 0.15) is 12.0 Å². The number of methoxy groups -OCH3 is 1. The summed E-state index contributed by atoms with van der Waals surface area (Å²) in [6.45, 7) is 0. The first-order valence-corrected chi connectivity index (χ1v) is 4.28. The van der Waals surface area contributed by atoms with Crippen molar-refractivity contribution >= 4 is 11.6 Å². The van der Waals surface area contributed by atoms with E-state index in [4.69, 9.17) is 22.8 Å². The SMILES string of the molecule is C#CCCc1ccc(Cl)nc1OC. The van der Waals surface area contributed by atoms with Gasteiger partial charge in [0.15, 0.2) is 0 Å². The average molecular weight is 196 g/mol. The van der Waals surface area contributed by atoms with E-state index in [-0.39, 0.29) is 0 Å². The zero-order chi connectivity index (χ0) is 9.68. The highest BCUT2D eigenvalue weighted by atomic mass is 35.5. The molecule has 1 aromatic heterocycles. The lowest BCUT2D eigenvalue weighted by Gasteiger charge is -2.05. The van der Waals surface area contributed by atoms with Gasteiger partial charge in [-0.3, -0.25) is 0 Å². The van der Waals surface area contributed by atoms with Gasteiger partial charge in [0, 0.05) is 12.0 Å². The highest BCUT2D eigenvalue weighted by Crippen LogP contribution is 2.19. The zero-order valence-electron chi connectivity index (χ0n) is 7.38. The smallest absolute Gasteiger partial charge is 0.217 e. The summed E-state index contributed by atoms with van der Waals surface area (Å²) in [7, 11) is 1.57. The lowest BCUT2D eigenvalue weighted by atomic mass is 10.1. The van der Waals surface area contributed by atoms with Gasteiger partial charge in [0.05, 0.1) is 7.11 Å². The van der Waals surface area contributed by atoms with E-state index < -0.39 is 0 Å². The monoisotopic (exact) mass is 195 g/mol. The van der Waals surface area contributed by atoms with Gasteiger partial charge in [0.2, 0.25) is 5.88 Å². The maximum Gasteiger partial charge on any atom is 0.217 e. The molecule has 0 bridgehead atoms. The Balaban J connectivity index is 2.87. The molecule has 0 saturated carbocycles. The van der Waals surface area contributed by atoms with Crippen molar-refractivity contribution in [3.63, 3.8) is 0 Å². The molecule has 0 saturated heterocycles. The Morgan fingerprint density at radius 2 is 2.38 bits per heavy atom. The van der Waals surface area contributed by atoms with E-state index in [0.29, 0.717) is 17.5 Å². The maximum atomic E-state index is 5.70. The summed E-state index contributed by atoms with van der Waals surface area (Å²) in [5.74, 6) is 3.12. The molecule has 0 aliphatic rings. The van der Waals surface area contributed by atoms with Crippen LogP contribution in [0.4, 0.5) is 0 Å². The number of hydrogen-bond donors (Lipinski definition) is 0. The lowest BCUT2D eigenvalue weighted by molar-refractivity contribution is 0.392. The molecule has 0 aliphatic heterocycles. The normalized spacial score (nSPS) is 9.31. The van der Waals surface area contributed by atoms with Gasteiger partial charge in [0.1, 0.15) is 5.15 Å². The third kappa shape index (κ3) is 2.64. The molecule has 13 heavy (non-hydrogen) atoms. The molecule has 0 aromatic carbocycles. The summed E-state index contributed by atoms with van der Waals surface area (Å²) in [4.78, 5) is 4.02. The van der Waals surface area contributed by atoms with Crippen molar-refractivity contribution in [2.75, 3.05) is 7.11 Å². The number of hydrogen-bond acceptors (Lipinski definition) is 2. The second-order valence-electron chi connectivity index (χ2n) is 2.51. The quantitative estimate of drug-likeness (QED) is 0.546. The molecule has 68 valence electrons. The second-order valence-corrected chi connectivity index (χ2v) is 2.89. The predicted octanol–water partition coefficient (Wildman–Crippen LogP) is 2.31. The van der Waals surface area contributed by atoms with Crippen LogP contribution in [0.15, 0.2) is 12.1 Å². The van der Waals surface area contributed by atoms with E-state index in [1.165, 1.54) is 0 Å². The lowest BCUT2D eigenvalue weighted by Crippen LogP contribution is -1.95. The van der Waals surface area contributed by atoms with Crippen molar-refractivity contribution in [2.24, 2.45) is 0 Å². The molecule has 0 unspecified atom stereocenters. The molecular formula is C10H10ClNO. The molecule has 2 nitrogen and oxygen atoms in total. The topological polar surface area (TPSA) is 22.1 Å². The molecule has 0 aliphatic carbocycles. The number of aromatic nitrogens is 1. The number of terminal acetylenes is 1. The first-order valence-electron chi connectivity index (χ1n) is 3.91. The van der Waals surface area contributed by atoms with Crippen molar-refractivity contribution in [2.45, 2.75) is 12.8 Å². The fourth-order valence-corrected chi connectivity index (χ4v) is 1.16. The average Bonchev–Trinajstić information content (AvgIpc) is 2.16. The minimum absolute atomic E-state index is 0.432. The summed E-state index contributed by atoms with van der Waals surface area (Å²) < 4.78 is 5.06. The van der Waals surface area contributed by atoms with Crippen LogP contribution in [-0.4, -0.2) is 12.1 Å². The Labute approximate surface area is 82.9 Å². The Morgan fingerprint density at radius 1 is 1.62 bits per heavy atom. The molecule has 1 heterocycles. The highest BCUT2D eigenvalue weighted by molar-refractivity contribution is 6.29. The van der Waals surface area contributed by atoms with Crippen LogP contribution in [0.3, 0.4) is 0 Å². The predicted molar refractivity (Wildman–Crippen MR) is 53.0 cm³/mol. The fraction of sp³-hybridized carbons (Fsp3) is 0.300. The van der Waals surface area contributed by atoms with Crippen LogP contribution in [0.25, 0.3) is 0 Å². The number of pyridine rings is 1. The molecule has 1 rings (SSSR count). The van der Waals surface area contributed by atoms with E-state index in [1.54, 1.807) is 13.2 Å². The molecule has 0 fully saturated rings. The number of rotatable bonds is 3. The van der Waals surface area contributed by atoms with E-state index in [9.17, 15) is 0 Å². The van der Waals surface area contributed by atoms with E-state index >= 15 is 0 Å². The van der Waals surface area contributed by atoms with E-state index in [2.05, 4.69) is 10.9 Å². The summed E-state index contributed by atoms with van der Waals surface area (Å²) in [6.07, 6.45) is 6.61. The van der Waals surface area contributed by atoms with Crippen LogP contribution in [0.2, 0.25) is 5.15 Å². The Kier molecular flexibility index (Phi) is 3.60. The first kappa shape index (κ1) is 9.88. The van der Waals surface area contributed by atoms with Gasteiger partial charge in [-0.15, -0.1) is 12.3 Å². The van der Waals surface area contributed by atoms with Crippen LogP contribution in [0, 0.1) is 12.3 Å². The number of aryl methyl sites for hydroxylation is 1. The maximum absolute atomic E-state index is 5.70. The van der Waals surface area contributed by atoms with Gasteiger partial charge in [-0.05, 0) is 12.5 Å². The molecule has 0 radical (unpaired) electrons. The molecule has 0 atom stereocenters. The van der Waals surface area contributed by atoms with Gasteiger partial charge in [-0.25, -0.2) is 4.98 Å². The standard InChI is InChI=1S/C10H10ClNO/c1-3-4-5-8-6-7-9(11)12-10(8)13-2/h1,6-7H,4-5H2,2H3. The van der Waals surface area contributed by atoms with Crippen molar-refractivity contribution in [1.29, 1.82) is 0 Å². The molecule has 3 heteroatoms. The fourth-order valence-electron chi connectivity index (χ4n) is 1.02. The van der Waals surface area contributed by atoms with Crippen molar-refractivity contribution < 1.29 is 4.74 Å². The second kappa shape index (κ2) is 4.74. The molecule has 0 amide bonds. The summed E-state index contributed by atoms with van der Waals surface area (Å²) >= 11 is 5.70. The van der Waals surface area contributed by atoms with Crippen LogP contribution in [-0.2, 0) is 6.42 Å². The number of ether oxygens (including phenoxy) is 1. The molecule has 1 aromatic rings. The van der Waals surface area contributed by atoms with Gasteiger partial charge >= 0.3 is 0 Å². The Morgan fingerprint density at radius 3 is 3.00 bits per heavy atom. The highest BCUT2D eigenvalue weighted by Gasteiger charge is 2.03. The summed E-state index contributed by atoms with van der Waals surface area (Å²) in [5.41, 5.74) is 0.991. The van der Waals surface area contributed by atoms with Crippen LogP contribution < -0.4 is 4.74 Å². The summed E-state index contributed by atoms with van der Waals surface area (Å²) in [5, 5.41) is 0.432. The van der Waals surface area contributed by atoms with Gasteiger partial charge < -0.3 is 4.74 Å².